The van der Waals surface area contributed by atoms with Crippen molar-refractivity contribution in [2.24, 2.45) is 16.6 Å². The molecule has 0 aromatic rings. The van der Waals surface area contributed by atoms with E-state index in [2.05, 4.69) is 11.6 Å². The van der Waals surface area contributed by atoms with Crippen LogP contribution < -0.4 is 5.73 Å². The predicted molar refractivity (Wildman–Crippen MR) is 71.8 cm³/mol. The van der Waals surface area contributed by atoms with Crippen LogP contribution >= 0.6 is 0 Å². The molecule has 20 heavy (non-hydrogen) atoms. The average Bonchev–Trinajstić information content (AvgIpc) is 3.24. The second kappa shape index (κ2) is 7.32. The lowest BCUT2D eigenvalue weighted by atomic mass is 10.3. The summed E-state index contributed by atoms with van der Waals surface area (Å²) < 4.78 is 10.0. The number of allylic oxidation sites excluding steroid dienone is 1. The van der Waals surface area contributed by atoms with Gasteiger partial charge in [-0.2, -0.15) is 0 Å². The van der Waals surface area contributed by atoms with Crippen LogP contribution in [0.1, 0.15) is 19.8 Å². The smallest absolute Gasteiger partial charge is 0.341 e. The molecule has 0 aromatic heterocycles. The van der Waals surface area contributed by atoms with Crippen LogP contribution in [0.4, 0.5) is 0 Å². The number of aliphatic carboxylic acids is 1. The molecule has 0 aliphatic heterocycles. The van der Waals surface area contributed by atoms with E-state index in [-0.39, 0.29) is 18.4 Å². The number of carbonyl (C=O) groups is 2. The van der Waals surface area contributed by atoms with Crippen LogP contribution in [-0.4, -0.2) is 36.5 Å². The highest BCUT2D eigenvalue weighted by Gasteiger charge is 2.25. The maximum atomic E-state index is 10.4. The van der Waals surface area contributed by atoms with Crippen molar-refractivity contribution in [1.29, 1.82) is 0 Å². The number of aldehydes is 1. The van der Waals surface area contributed by atoms with Crippen molar-refractivity contribution in [3.8, 4) is 0 Å². The maximum absolute atomic E-state index is 10.4. The van der Waals surface area contributed by atoms with Gasteiger partial charge in [-0.1, -0.05) is 6.58 Å². The van der Waals surface area contributed by atoms with Gasteiger partial charge in [0.05, 0.1) is 5.57 Å². The molecule has 0 aromatic carbocycles. The first-order valence-corrected chi connectivity index (χ1v) is 6.11. The molecule has 0 amide bonds. The Bertz CT molecular complexity index is 463. The van der Waals surface area contributed by atoms with E-state index in [1.165, 1.54) is 0 Å². The Balaban J connectivity index is 2.83. The van der Waals surface area contributed by atoms with Crippen molar-refractivity contribution < 1.29 is 24.2 Å². The molecule has 7 heteroatoms. The zero-order chi connectivity index (χ0) is 15.1. The molecule has 1 aliphatic carbocycles. The van der Waals surface area contributed by atoms with Crippen LogP contribution in [0.15, 0.2) is 28.7 Å². The molecule has 3 N–H and O–H groups in total. The van der Waals surface area contributed by atoms with E-state index in [1.54, 1.807) is 6.92 Å². The van der Waals surface area contributed by atoms with E-state index >= 15 is 0 Å². The fourth-order valence-electron chi connectivity index (χ4n) is 1.33. The van der Waals surface area contributed by atoms with Crippen molar-refractivity contribution in [3.05, 3.63) is 23.7 Å². The number of hydrogen-bond donors (Lipinski definition) is 2. The second-order valence-corrected chi connectivity index (χ2v) is 4.33. The molecule has 0 atom stereocenters. The van der Waals surface area contributed by atoms with Crippen LogP contribution in [0.2, 0.25) is 0 Å². The van der Waals surface area contributed by atoms with Crippen LogP contribution in [0.25, 0.3) is 0 Å². The fourth-order valence-corrected chi connectivity index (χ4v) is 1.33. The third-order valence-corrected chi connectivity index (χ3v) is 2.62. The molecule has 110 valence electrons. The quantitative estimate of drug-likeness (QED) is 0.295. The van der Waals surface area contributed by atoms with Crippen LogP contribution in [-0.2, 0) is 19.1 Å². The van der Waals surface area contributed by atoms with Crippen LogP contribution in [0.5, 0.6) is 0 Å². The Morgan fingerprint density at radius 3 is 2.65 bits per heavy atom. The molecule has 0 heterocycles. The van der Waals surface area contributed by atoms with E-state index in [0.717, 1.165) is 12.8 Å². The summed E-state index contributed by atoms with van der Waals surface area (Å²) in [5.41, 5.74) is 6.60. The first-order valence-electron chi connectivity index (χ1n) is 6.11. The Morgan fingerprint density at radius 2 is 2.15 bits per heavy atom. The van der Waals surface area contributed by atoms with Crippen LogP contribution in [0.3, 0.4) is 0 Å². The van der Waals surface area contributed by atoms with E-state index in [4.69, 9.17) is 20.3 Å². The summed E-state index contributed by atoms with van der Waals surface area (Å²) in [6, 6.07) is 0. The number of aliphatic imine (C=N–C) groups is 1. The van der Waals surface area contributed by atoms with Gasteiger partial charge < -0.3 is 20.3 Å². The van der Waals surface area contributed by atoms with E-state index < -0.39 is 12.6 Å². The first-order chi connectivity index (χ1) is 9.45. The highest BCUT2D eigenvalue weighted by Crippen LogP contribution is 2.36. The molecule has 0 bridgehead atoms. The molecular weight excluding hydrogens is 264 g/mol. The number of hydrogen-bond acceptors (Lipinski definition) is 6. The normalized spacial score (nSPS) is 16.1. The number of nitrogens with zero attached hydrogens (tertiary/aromatic N) is 1. The molecule has 1 saturated carbocycles. The van der Waals surface area contributed by atoms with Gasteiger partial charge in [0, 0.05) is 11.6 Å². The molecule has 0 saturated heterocycles. The molecule has 0 radical (unpaired) electrons. The lowest BCUT2D eigenvalue weighted by Crippen LogP contribution is -2.18. The van der Waals surface area contributed by atoms with Gasteiger partial charge in [-0.05, 0) is 19.8 Å². The number of rotatable bonds is 8. The number of carboxylic acids is 1. The highest BCUT2D eigenvalue weighted by molar-refractivity contribution is 5.94. The minimum atomic E-state index is -1.14. The Morgan fingerprint density at radius 1 is 1.50 bits per heavy atom. The zero-order valence-corrected chi connectivity index (χ0v) is 11.3. The Labute approximate surface area is 116 Å². The molecular formula is C13H18N2O5. The van der Waals surface area contributed by atoms with E-state index in [9.17, 15) is 9.59 Å². The molecule has 0 spiro atoms. The van der Waals surface area contributed by atoms with Crippen molar-refractivity contribution in [1.82, 2.24) is 0 Å². The summed E-state index contributed by atoms with van der Waals surface area (Å²) in [4.78, 5) is 25.0. The van der Waals surface area contributed by atoms with Gasteiger partial charge in [-0.3, -0.25) is 4.79 Å². The van der Waals surface area contributed by atoms with Crippen LogP contribution in [0, 0.1) is 5.92 Å². The SMILES string of the molecule is C=C(N=C(OCC=O)/C(C)=C(\N)OCC(=O)O)C1CC1. The number of carbonyl (C=O) groups excluding carboxylic acids is 1. The third kappa shape index (κ3) is 5.13. The Hall–Kier alpha value is -2.31. The fraction of sp³-hybridized carbons (Fsp3) is 0.462. The molecule has 7 nitrogen and oxygen atoms in total. The third-order valence-electron chi connectivity index (χ3n) is 2.62. The lowest BCUT2D eigenvalue weighted by Gasteiger charge is -2.11. The maximum Gasteiger partial charge on any atom is 0.341 e. The Kier molecular flexibility index (Phi) is 5.76. The summed E-state index contributed by atoms with van der Waals surface area (Å²) in [5.74, 6) is -0.799. The summed E-state index contributed by atoms with van der Waals surface area (Å²) in [6.07, 6.45) is 2.63. The largest absolute Gasteiger partial charge is 0.479 e. The van der Waals surface area contributed by atoms with Gasteiger partial charge in [0.25, 0.3) is 0 Å². The van der Waals surface area contributed by atoms with Gasteiger partial charge in [0.15, 0.2) is 18.8 Å². The van der Waals surface area contributed by atoms with Crippen molar-refractivity contribution in [2.75, 3.05) is 13.2 Å². The minimum absolute atomic E-state index is 0.111. The van der Waals surface area contributed by atoms with E-state index in [0.29, 0.717) is 23.5 Å². The molecule has 0 unspecified atom stereocenters. The first kappa shape index (κ1) is 15.7. The molecule has 1 fully saturated rings. The minimum Gasteiger partial charge on any atom is -0.479 e. The van der Waals surface area contributed by atoms with Gasteiger partial charge in [0.2, 0.25) is 5.90 Å². The lowest BCUT2D eigenvalue weighted by molar-refractivity contribution is -0.140. The molecule has 1 aliphatic rings. The summed E-state index contributed by atoms with van der Waals surface area (Å²) in [7, 11) is 0. The summed E-state index contributed by atoms with van der Waals surface area (Å²) in [5, 5.41) is 8.53. The standard InChI is InChI=1S/C13H18N2O5/c1-8(12(14)20-7-11(17)18)13(19-6-5-16)15-9(2)10-3-4-10/h5,10H,2-4,6-7,14H2,1H3,(H,17,18)/b12-8+,15-13?. The van der Waals surface area contributed by atoms with Gasteiger partial charge in [0.1, 0.15) is 6.61 Å². The topological polar surface area (TPSA) is 111 Å². The number of ether oxygens (including phenoxy) is 2. The van der Waals surface area contributed by atoms with Gasteiger partial charge >= 0.3 is 5.97 Å². The summed E-state index contributed by atoms with van der Waals surface area (Å²) in [6.45, 7) is 4.65. The van der Waals surface area contributed by atoms with Gasteiger partial charge in [-0.15, -0.1) is 0 Å². The zero-order valence-electron chi connectivity index (χ0n) is 11.3. The monoisotopic (exact) mass is 282 g/mol. The van der Waals surface area contributed by atoms with Crippen molar-refractivity contribution in [2.45, 2.75) is 19.8 Å². The predicted octanol–water partition coefficient (Wildman–Crippen LogP) is 0.815. The van der Waals surface area contributed by atoms with Crippen molar-refractivity contribution in [3.63, 3.8) is 0 Å². The highest BCUT2D eigenvalue weighted by atomic mass is 16.5. The summed E-state index contributed by atoms with van der Waals surface area (Å²) >= 11 is 0. The number of carboxylic acid groups (broad SMARTS) is 1. The second-order valence-electron chi connectivity index (χ2n) is 4.33. The van der Waals surface area contributed by atoms with Gasteiger partial charge in [-0.25, -0.2) is 9.79 Å². The average molecular weight is 282 g/mol. The molecule has 1 rings (SSSR count). The van der Waals surface area contributed by atoms with E-state index in [1.807, 2.05) is 0 Å². The number of nitrogens with two attached hydrogens (primary N) is 1. The van der Waals surface area contributed by atoms with Crippen molar-refractivity contribution >= 4 is 18.2 Å².